The molecule has 1 aromatic rings. The topological polar surface area (TPSA) is 116 Å². The Morgan fingerprint density at radius 3 is 2.58 bits per heavy atom. The second-order valence-corrected chi connectivity index (χ2v) is 8.76. The zero-order valence-electron chi connectivity index (χ0n) is 15.2. The van der Waals surface area contributed by atoms with Crippen LogP contribution in [0.2, 0.25) is 0 Å². The fraction of sp³-hybridized carbons (Fsp3) is 0.529. The molecule has 0 radical (unpaired) electrons. The van der Waals surface area contributed by atoms with Crippen molar-refractivity contribution < 1.29 is 23.1 Å². The van der Waals surface area contributed by atoms with Gasteiger partial charge in [-0.3, -0.25) is 9.52 Å². The summed E-state index contributed by atoms with van der Waals surface area (Å²) in [6.07, 6.45) is 0.560. The molecule has 0 bridgehead atoms. The minimum Gasteiger partial charge on any atom is -0.481 e. The molecule has 3 N–H and O–H groups in total. The summed E-state index contributed by atoms with van der Waals surface area (Å²) in [6, 6.07) is 4.52. The Bertz CT molecular complexity index is 794. The molecule has 1 saturated heterocycles. The molecule has 1 aromatic carbocycles. The van der Waals surface area contributed by atoms with E-state index in [1.54, 1.807) is 32.0 Å². The fourth-order valence-corrected chi connectivity index (χ4v) is 3.70. The minimum absolute atomic E-state index is 0.0250. The van der Waals surface area contributed by atoms with Crippen LogP contribution in [0.5, 0.6) is 0 Å². The van der Waals surface area contributed by atoms with Crippen LogP contribution in [0.4, 0.5) is 16.2 Å². The molecule has 1 fully saturated rings. The number of anilines is 2. The summed E-state index contributed by atoms with van der Waals surface area (Å²) < 4.78 is 25.8. The Labute approximate surface area is 153 Å². The van der Waals surface area contributed by atoms with E-state index in [1.165, 1.54) is 4.90 Å². The van der Waals surface area contributed by atoms with Gasteiger partial charge < -0.3 is 15.3 Å². The van der Waals surface area contributed by atoms with Gasteiger partial charge in [-0.2, -0.15) is 0 Å². The Morgan fingerprint density at radius 1 is 1.31 bits per heavy atom. The third-order valence-corrected chi connectivity index (χ3v) is 5.71. The van der Waals surface area contributed by atoms with Gasteiger partial charge in [0.25, 0.3) is 0 Å². The van der Waals surface area contributed by atoms with Crippen molar-refractivity contribution in [1.29, 1.82) is 0 Å². The highest BCUT2D eigenvalue weighted by molar-refractivity contribution is 7.92. The lowest BCUT2D eigenvalue weighted by Gasteiger charge is -2.34. The van der Waals surface area contributed by atoms with E-state index in [-0.39, 0.29) is 24.2 Å². The normalized spacial score (nSPS) is 20.5. The SMILES string of the molecule is CCS(=O)(=O)Nc1ccc(NC(=O)N2CC(C)CC(C(=O)O)C2)cc1C. The van der Waals surface area contributed by atoms with E-state index in [4.69, 9.17) is 0 Å². The summed E-state index contributed by atoms with van der Waals surface area (Å²) in [7, 11) is -3.37. The fourth-order valence-electron chi connectivity index (χ4n) is 2.99. The van der Waals surface area contributed by atoms with Gasteiger partial charge in [-0.25, -0.2) is 13.2 Å². The van der Waals surface area contributed by atoms with Gasteiger partial charge in [0.2, 0.25) is 10.0 Å². The Morgan fingerprint density at radius 2 is 2.00 bits per heavy atom. The van der Waals surface area contributed by atoms with E-state index in [1.807, 2.05) is 6.92 Å². The first-order chi connectivity index (χ1) is 12.1. The van der Waals surface area contributed by atoms with Crippen LogP contribution in [0.1, 0.15) is 25.8 Å². The van der Waals surface area contributed by atoms with Crippen LogP contribution >= 0.6 is 0 Å². The number of carbonyl (C=O) groups is 2. The Hall–Kier alpha value is -2.29. The third kappa shape index (κ3) is 5.10. The molecule has 1 heterocycles. The molecular weight excluding hydrogens is 358 g/mol. The number of nitrogens with zero attached hydrogens (tertiary/aromatic N) is 1. The van der Waals surface area contributed by atoms with Crippen LogP contribution in [-0.2, 0) is 14.8 Å². The zero-order valence-corrected chi connectivity index (χ0v) is 16.0. The molecule has 144 valence electrons. The molecule has 26 heavy (non-hydrogen) atoms. The maximum Gasteiger partial charge on any atom is 0.321 e. The molecule has 8 nitrogen and oxygen atoms in total. The Balaban J connectivity index is 2.07. The second-order valence-electron chi connectivity index (χ2n) is 6.75. The van der Waals surface area contributed by atoms with Gasteiger partial charge in [0.15, 0.2) is 0 Å². The van der Waals surface area contributed by atoms with Gasteiger partial charge in [-0.15, -0.1) is 0 Å². The van der Waals surface area contributed by atoms with Crippen molar-refractivity contribution in [3.8, 4) is 0 Å². The predicted molar refractivity (Wildman–Crippen MR) is 99.8 cm³/mol. The second kappa shape index (κ2) is 7.94. The van der Waals surface area contributed by atoms with Gasteiger partial charge in [0, 0.05) is 18.8 Å². The molecule has 1 aliphatic heterocycles. The van der Waals surface area contributed by atoms with Crippen molar-refractivity contribution in [2.45, 2.75) is 27.2 Å². The first kappa shape index (κ1) is 20.0. The Kier molecular flexibility index (Phi) is 6.12. The van der Waals surface area contributed by atoms with Crippen LogP contribution in [0.3, 0.4) is 0 Å². The highest BCUT2D eigenvalue weighted by atomic mass is 32.2. The quantitative estimate of drug-likeness (QED) is 0.722. The largest absolute Gasteiger partial charge is 0.481 e. The van der Waals surface area contributed by atoms with Crippen LogP contribution in [0, 0.1) is 18.8 Å². The molecular formula is C17H25N3O5S. The highest BCUT2D eigenvalue weighted by Crippen LogP contribution is 2.24. The average molecular weight is 383 g/mol. The first-order valence-electron chi connectivity index (χ1n) is 8.51. The molecule has 2 rings (SSSR count). The lowest BCUT2D eigenvalue weighted by atomic mass is 9.91. The predicted octanol–water partition coefficient (Wildman–Crippen LogP) is 2.33. The van der Waals surface area contributed by atoms with Crippen molar-refractivity contribution in [2.24, 2.45) is 11.8 Å². The van der Waals surface area contributed by atoms with E-state index in [9.17, 15) is 23.1 Å². The number of rotatable bonds is 5. The van der Waals surface area contributed by atoms with Crippen LogP contribution < -0.4 is 10.0 Å². The highest BCUT2D eigenvalue weighted by Gasteiger charge is 2.31. The smallest absolute Gasteiger partial charge is 0.321 e. The molecule has 0 spiro atoms. The lowest BCUT2D eigenvalue weighted by molar-refractivity contribution is -0.143. The molecule has 0 aromatic heterocycles. The number of benzene rings is 1. The monoisotopic (exact) mass is 383 g/mol. The summed E-state index contributed by atoms with van der Waals surface area (Å²) >= 11 is 0. The number of nitrogens with one attached hydrogen (secondary N) is 2. The van der Waals surface area contributed by atoms with Crippen molar-refractivity contribution in [3.05, 3.63) is 23.8 Å². The van der Waals surface area contributed by atoms with E-state index >= 15 is 0 Å². The summed E-state index contributed by atoms with van der Waals surface area (Å²) in [5.74, 6) is -1.36. The molecule has 9 heteroatoms. The summed E-state index contributed by atoms with van der Waals surface area (Å²) in [4.78, 5) is 25.2. The average Bonchev–Trinajstić information content (AvgIpc) is 2.56. The first-order valence-corrected chi connectivity index (χ1v) is 10.2. The van der Waals surface area contributed by atoms with E-state index in [0.29, 0.717) is 29.9 Å². The number of aryl methyl sites for hydroxylation is 1. The number of carboxylic acids is 1. The number of amides is 2. The molecule has 2 atom stereocenters. The van der Waals surface area contributed by atoms with Crippen molar-refractivity contribution in [2.75, 3.05) is 28.9 Å². The van der Waals surface area contributed by atoms with Crippen molar-refractivity contribution in [3.63, 3.8) is 0 Å². The summed E-state index contributed by atoms with van der Waals surface area (Å²) in [6.45, 7) is 5.90. The van der Waals surface area contributed by atoms with Gasteiger partial charge in [-0.1, -0.05) is 6.92 Å². The summed E-state index contributed by atoms with van der Waals surface area (Å²) in [5.41, 5.74) is 1.66. The van der Waals surface area contributed by atoms with Crippen LogP contribution in [0.25, 0.3) is 0 Å². The molecule has 2 amide bonds. The maximum atomic E-state index is 12.5. The number of urea groups is 1. The van der Waals surface area contributed by atoms with Crippen LogP contribution in [0.15, 0.2) is 18.2 Å². The standard InChI is InChI=1S/C17H25N3O5S/c1-4-26(24,25)19-15-6-5-14(8-12(15)3)18-17(23)20-9-11(2)7-13(10-20)16(21)22/h5-6,8,11,13,19H,4,7,9-10H2,1-3H3,(H,18,23)(H,21,22). The van der Waals surface area contributed by atoms with Crippen LogP contribution in [-0.4, -0.2) is 49.3 Å². The summed E-state index contributed by atoms with van der Waals surface area (Å²) in [5, 5.41) is 12.0. The van der Waals surface area contributed by atoms with Crippen molar-refractivity contribution >= 4 is 33.4 Å². The minimum atomic E-state index is -3.37. The maximum absolute atomic E-state index is 12.5. The number of aliphatic carboxylic acids is 1. The molecule has 0 saturated carbocycles. The van der Waals surface area contributed by atoms with Gasteiger partial charge >= 0.3 is 12.0 Å². The molecule has 2 unspecified atom stereocenters. The van der Waals surface area contributed by atoms with Gasteiger partial charge in [-0.05, 0) is 49.9 Å². The number of hydrogen-bond acceptors (Lipinski definition) is 4. The number of hydrogen-bond donors (Lipinski definition) is 3. The lowest BCUT2D eigenvalue weighted by Crippen LogP contribution is -2.47. The van der Waals surface area contributed by atoms with Gasteiger partial charge in [0.05, 0.1) is 17.4 Å². The van der Waals surface area contributed by atoms with E-state index in [2.05, 4.69) is 10.0 Å². The number of carboxylic acid groups (broad SMARTS) is 1. The molecule has 1 aliphatic rings. The number of carbonyl (C=O) groups excluding carboxylic acids is 1. The van der Waals surface area contributed by atoms with E-state index < -0.39 is 21.9 Å². The van der Waals surface area contributed by atoms with Gasteiger partial charge in [0.1, 0.15) is 0 Å². The van der Waals surface area contributed by atoms with Crippen molar-refractivity contribution in [1.82, 2.24) is 4.90 Å². The molecule has 0 aliphatic carbocycles. The number of piperidine rings is 1. The number of sulfonamides is 1. The van der Waals surface area contributed by atoms with E-state index in [0.717, 1.165) is 0 Å². The zero-order chi connectivity index (χ0) is 19.5. The number of likely N-dealkylation sites (tertiary alicyclic amines) is 1. The third-order valence-electron chi connectivity index (χ3n) is 4.42.